The van der Waals surface area contributed by atoms with E-state index in [-0.39, 0.29) is 12.4 Å². The molecule has 0 aromatic carbocycles. The number of hydrogen-bond acceptors (Lipinski definition) is 5. The number of ether oxygens (including phenoxy) is 2. The van der Waals surface area contributed by atoms with E-state index >= 15 is 0 Å². The molecule has 5 heteroatoms. The van der Waals surface area contributed by atoms with E-state index in [1.807, 2.05) is 6.92 Å². The predicted octanol–water partition coefficient (Wildman–Crippen LogP) is 1.71. The number of fused-ring (bicyclic) bond motifs is 2. The molecule has 1 aliphatic carbocycles. The van der Waals surface area contributed by atoms with Gasteiger partial charge in [0, 0.05) is 11.8 Å². The minimum Gasteiger partial charge on any atom is -0.480 e. The zero-order valence-corrected chi connectivity index (χ0v) is 11.4. The van der Waals surface area contributed by atoms with Crippen LogP contribution < -0.4 is 0 Å². The third-order valence-electron chi connectivity index (χ3n) is 3.58. The Balaban J connectivity index is 2.04. The maximum atomic E-state index is 12.4. The average molecular weight is 273 g/mol. The van der Waals surface area contributed by atoms with Crippen LogP contribution in [-0.4, -0.2) is 30.2 Å². The minimum absolute atomic E-state index is 0.134. The first kappa shape index (κ1) is 12.8. The van der Waals surface area contributed by atoms with Gasteiger partial charge < -0.3 is 9.47 Å². The Labute approximate surface area is 116 Å². The number of hydrogen-bond donors (Lipinski definition) is 0. The van der Waals surface area contributed by atoms with Crippen molar-refractivity contribution in [3.63, 3.8) is 0 Å². The molecular formula is C15H15NO4. The molecule has 5 nitrogen and oxygen atoms in total. The van der Waals surface area contributed by atoms with E-state index in [1.165, 1.54) is 0 Å². The summed E-state index contributed by atoms with van der Waals surface area (Å²) in [6.45, 7) is 3.90. The van der Waals surface area contributed by atoms with Gasteiger partial charge in [-0.3, -0.25) is 14.6 Å². The molecule has 0 bridgehead atoms. The summed E-state index contributed by atoms with van der Waals surface area (Å²) < 4.78 is 10.8. The Kier molecular flexibility index (Phi) is 3.04. The van der Waals surface area contributed by atoms with Gasteiger partial charge in [0.2, 0.25) is 5.78 Å². The summed E-state index contributed by atoms with van der Waals surface area (Å²) in [5.41, 5.74) is 1.85. The lowest BCUT2D eigenvalue weighted by Gasteiger charge is -2.18. The number of ketones is 1. The van der Waals surface area contributed by atoms with Gasteiger partial charge in [-0.25, -0.2) is 0 Å². The van der Waals surface area contributed by atoms with Crippen LogP contribution in [-0.2, 0) is 19.1 Å². The molecule has 20 heavy (non-hydrogen) atoms. The lowest BCUT2D eigenvalue weighted by Crippen LogP contribution is -2.27. The van der Waals surface area contributed by atoms with Crippen molar-refractivity contribution >= 4 is 17.5 Å². The highest BCUT2D eigenvalue weighted by Crippen LogP contribution is 2.38. The molecule has 0 spiro atoms. The van der Waals surface area contributed by atoms with E-state index in [2.05, 4.69) is 4.99 Å². The van der Waals surface area contributed by atoms with Crippen LogP contribution in [0.3, 0.4) is 0 Å². The molecule has 0 saturated carbocycles. The summed E-state index contributed by atoms with van der Waals surface area (Å²) in [6, 6.07) is 0. The van der Waals surface area contributed by atoms with Crippen LogP contribution in [0, 0.1) is 5.92 Å². The zero-order chi connectivity index (χ0) is 14.3. The van der Waals surface area contributed by atoms with E-state index in [0.29, 0.717) is 23.5 Å². The number of carbonyl (C=O) groups excluding carboxylic acids is 2. The molecule has 0 saturated heterocycles. The number of carbonyl (C=O) groups is 2. The summed E-state index contributed by atoms with van der Waals surface area (Å²) in [7, 11) is 0. The Morgan fingerprint density at radius 3 is 2.95 bits per heavy atom. The van der Waals surface area contributed by atoms with Gasteiger partial charge in [-0.2, -0.15) is 0 Å². The highest BCUT2D eigenvalue weighted by atomic mass is 16.5. The van der Waals surface area contributed by atoms with Gasteiger partial charge in [0.15, 0.2) is 11.9 Å². The van der Waals surface area contributed by atoms with Gasteiger partial charge in [-0.1, -0.05) is 13.0 Å². The number of allylic oxidation sites excluding steroid dienone is 2. The molecule has 0 N–H and O–H groups in total. The van der Waals surface area contributed by atoms with Gasteiger partial charge in [0.1, 0.15) is 11.6 Å². The first-order valence-electron chi connectivity index (χ1n) is 6.76. The molecule has 104 valence electrons. The second-order valence-corrected chi connectivity index (χ2v) is 4.77. The Morgan fingerprint density at radius 1 is 1.45 bits per heavy atom. The van der Waals surface area contributed by atoms with Crippen LogP contribution in [0.15, 0.2) is 40.2 Å². The van der Waals surface area contributed by atoms with Crippen molar-refractivity contribution in [2.45, 2.75) is 26.4 Å². The van der Waals surface area contributed by atoms with E-state index in [4.69, 9.17) is 9.47 Å². The highest BCUT2D eigenvalue weighted by molar-refractivity contribution is 6.23. The van der Waals surface area contributed by atoms with Crippen molar-refractivity contribution in [3.8, 4) is 0 Å². The van der Waals surface area contributed by atoms with Crippen LogP contribution in [0.25, 0.3) is 0 Å². The van der Waals surface area contributed by atoms with Crippen LogP contribution in [0.1, 0.15) is 20.3 Å². The molecule has 0 radical (unpaired) electrons. The number of rotatable bonds is 3. The molecule has 0 aromatic rings. The second-order valence-electron chi connectivity index (χ2n) is 4.77. The third-order valence-corrected chi connectivity index (χ3v) is 3.58. The van der Waals surface area contributed by atoms with E-state index in [9.17, 15) is 9.59 Å². The zero-order valence-electron chi connectivity index (χ0n) is 11.4. The van der Waals surface area contributed by atoms with Gasteiger partial charge in [-0.15, -0.1) is 0 Å². The van der Waals surface area contributed by atoms with Crippen molar-refractivity contribution in [2.24, 2.45) is 10.9 Å². The maximum Gasteiger partial charge on any atom is 0.317 e. The summed E-state index contributed by atoms with van der Waals surface area (Å²) in [5, 5.41) is 0. The Morgan fingerprint density at radius 2 is 2.25 bits per heavy atom. The van der Waals surface area contributed by atoms with Gasteiger partial charge >= 0.3 is 5.97 Å². The lowest BCUT2D eigenvalue weighted by molar-refractivity contribution is -0.145. The topological polar surface area (TPSA) is 65.0 Å². The number of Topliss-reactive ketones (excluding diaryl/α,β-unsaturated/α-hetero) is 1. The fraction of sp³-hybridized carbons (Fsp3) is 0.400. The summed E-state index contributed by atoms with van der Waals surface area (Å²) in [6.07, 6.45) is 5.23. The molecule has 2 heterocycles. The Hall–Kier alpha value is -2.17. The monoisotopic (exact) mass is 273 g/mol. The summed E-state index contributed by atoms with van der Waals surface area (Å²) in [4.78, 5) is 28.7. The molecule has 3 aliphatic rings. The number of aliphatic imine (C=N–C) groups is 1. The molecule has 2 aliphatic heterocycles. The molecule has 0 amide bonds. The average Bonchev–Trinajstić information content (AvgIpc) is 3.02. The fourth-order valence-electron chi connectivity index (χ4n) is 2.64. The second kappa shape index (κ2) is 4.74. The van der Waals surface area contributed by atoms with Crippen LogP contribution >= 0.6 is 0 Å². The van der Waals surface area contributed by atoms with Crippen LogP contribution in [0.4, 0.5) is 0 Å². The van der Waals surface area contributed by atoms with Crippen molar-refractivity contribution in [3.05, 3.63) is 35.3 Å². The smallest absolute Gasteiger partial charge is 0.317 e. The van der Waals surface area contributed by atoms with E-state index < -0.39 is 18.0 Å². The fourth-order valence-corrected chi connectivity index (χ4v) is 2.64. The molecule has 3 rings (SSSR count). The molecule has 2 unspecified atom stereocenters. The third kappa shape index (κ3) is 1.73. The maximum absolute atomic E-state index is 12.4. The van der Waals surface area contributed by atoms with Gasteiger partial charge in [0.25, 0.3) is 0 Å². The van der Waals surface area contributed by atoms with Crippen molar-refractivity contribution in [2.75, 3.05) is 6.61 Å². The van der Waals surface area contributed by atoms with Gasteiger partial charge in [-0.05, 0) is 19.4 Å². The standard InChI is InChI=1S/C15H15NO4/c1-3-10-13(17)11-9(15(18)19-4-2)7-8-5-6-16-12(8)14(11)20-10/h5-7,9-10H,3-4H2,1-2H3. The molecule has 2 atom stereocenters. The summed E-state index contributed by atoms with van der Waals surface area (Å²) >= 11 is 0. The SMILES string of the molecule is CCOC(=O)C1C=C2C=CN=C2C2=C1C(=O)C(CC)O2. The first-order valence-corrected chi connectivity index (χ1v) is 6.76. The van der Waals surface area contributed by atoms with E-state index in [0.717, 1.165) is 5.57 Å². The number of esters is 1. The predicted molar refractivity (Wildman–Crippen MR) is 72.0 cm³/mol. The number of nitrogens with zero attached hydrogens (tertiary/aromatic N) is 1. The first-order chi connectivity index (χ1) is 9.67. The lowest BCUT2D eigenvalue weighted by atomic mass is 9.85. The summed E-state index contributed by atoms with van der Waals surface area (Å²) in [5.74, 6) is -0.792. The van der Waals surface area contributed by atoms with Crippen LogP contribution in [0.5, 0.6) is 0 Å². The normalized spacial score (nSPS) is 26.8. The quantitative estimate of drug-likeness (QED) is 0.734. The van der Waals surface area contributed by atoms with Crippen LogP contribution in [0.2, 0.25) is 0 Å². The van der Waals surface area contributed by atoms with Gasteiger partial charge in [0.05, 0.1) is 12.2 Å². The van der Waals surface area contributed by atoms with E-state index in [1.54, 1.807) is 25.3 Å². The molecule has 0 fully saturated rings. The highest BCUT2D eigenvalue weighted by Gasteiger charge is 2.45. The largest absolute Gasteiger partial charge is 0.480 e. The van der Waals surface area contributed by atoms with Crippen molar-refractivity contribution < 1.29 is 19.1 Å². The van der Waals surface area contributed by atoms with Crippen molar-refractivity contribution in [1.82, 2.24) is 0 Å². The molecular weight excluding hydrogens is 258 g/mol. The minimum atomic E-state index is -0.689. The Bertz CT molecular complexity index is 609. The van der Waals surface area contributed by atoms with Crippen molar-refractivity contribution in [1.29, 1.82) is 0 Å². The molecule has 0 aromatic heterocycles.